The summed E-state index contributed by atoms with van der Waals surface area (Å²) in [7, 11) is 3.47. The standard InChI is InChI=1S/C23H28ClNO2/c1-26-21-10-5-3-8-19(21)23(20-9-4-6-11-22(20)27-2)18-12-16-25(17-13-18)15-7-14-24/h3-6,8-11H,7,12-17H2,1-2H3. The molecule has 0 atom stereocenters. The molecule has 2 aromatic carbocycles. The first kappa shape index (κ1) is 19.8. The smallest absolute Gasteiger partial charge is 0.126 e. The molecule has 0 saturated carbocycles. The Morgan fingerprint density at radius 1 is 0.889 bits per heavy atom. The van der Waals surface area contributed by atoms with E-state index in [0.29, 0.717) is 0 Å². The molecule has 0 aliphatic carbocycles. The van der Waals surface area contributed by atoms with Gasteiger partial charge in [-0.1, -0.05) is 42.0 Å². The Bertz CT molecular complexity index is 728. The molecule has 3 rings (SSSR count). The molecule has 0 radical (unpaired) electrons. The van der Waals surface area contributed by atoms with E-state index < -0.39 is 0 Å². The Kier molecular flexibility index (Phi) is 7.19. The van der Waals surface area contributed by atoms with Crippen molar-refractivity contribution in [3.63, 3.8) is 0 Å². The van der Waals surface area contributed by atoms with Crippen LogP contribution in [0.3, 0.4) is 0 Å². The lowest BCUT2D eigenvalue weighted by atomic mass is 9.87. The van der Waals surface area contributed by atoms with E-state index >= 15 is 0 Å². The van der Waals surface area contributed by atoms with Gasteiger partial charge in [-0.3, -0.25) is 0 Å². The lowest BCUT2D eigenvalue weighted by Crippen LogP contribution is -2.32. The predicted molar refractivity (Wildman–Crippen MR) is 113 cm³/mol. The van der Waals surface area contributed by atoms with Gasteiger partial charge in [0.25, 0.3) is 0 Å². The molecule has 0 aromatic heterocycles. The van der Waals surface area contributed by atoms with E-state index in [1.54, 1.807) is 14.2 Å². The van der Waals surface area contributed by atoms with Crippen LogP contribution in [0.1, 0.15) is 30.4 Å². The Labute approximate surface area is 167 Å². The summed E-state index contributed by atoms with van der Waals surface area (Å²) in [5.41, 5.74) is 4.98. The first-order chi connectivity index (χ1) is 13.3. The zero-order valence-electron chi connectivity index (χ0n) is 16.2. The van der Waals surface area contributed by atoms with Gasteiger partial charge in [-0.2, -0.15) is 0 Å². The highest BCUT2D eigenvalue weighted by Gasteiger charge is 2.22. The number of rotatable bonds is 7. The van der Waals surface area contributed by atoms with Crippen LogP contribution in [-0.2, 0) is 0 Å². The molecular formula is C23H28ClNO2. The normalized spacial score (nSPS) is 14.9. The summed E-state index contributed by atoms with van der Waals surface area (Å²) in [4.78, 5) is 2.51. The van der Waals surface area contributed by atoms with Gasteiger partial charge in [0.15, 0.2) is 0 Å². The molecule has 1 saturated heterocycles. The maximum Gasteiger partial charge on any atom is 0.126 e. The van der Waals surface area contributed by atoms with E-state index in [2.05, 4.69) is 29.2 Å². The number of hydrogen-bond donors (Lipinski definition) is 0. The van der Waals surface area contributed by atoms with E-state index in [1.807, 2.05) is 24.3 Å². The highest BCUT2D eigenvalue weighted by atomic mass is 35.5. The quantitative estimate of drug-likeness (QED) is 0.609. The number of likely N-dealkylation sites (tertiary alicyclic amines) is 1. The summed E-state index contributed by atoms with van der Waals surface area (Å²) in [5, 5.41) is 0. The van der Waals surface area contributed by atoms with Crippen molar-refractivity contribution in [1.82, 2.24) is 4.90 Å². The Morgan fingerprint density at radius 2 is 1.41 bits per heavy atom. The summed E-state index contributed by atoms with van der Waals surface area (Å²) in [5.74, 6) is 2.53. The average Bonchev–Trinajstić information content (AvgIpc) is 2.74. The molecule has 2 aromatic rings. The molecular weight excluding hydrogens is 358 g/mol. The van der Waals surface area contributed by atoms with Gasteiger partial charge in [0.2, 0.25) is 0 Å². The molecule has 0 unspecified atom stereocenters. The lowest BCUT2D eigenvalue weighted by Gasteiger charge is -2.30. The van der Waals surface area contributed by atoms with E-state index in [4.69, 9.17) is 21.1 Å². The average molecular weight is 386 g/mol. The first-order valence-corrected chi connectivity index (χ1v) is 10.1. The number of halogens is 1. The van der Waals surface area contributed by atoms with Gasteiger partial charge >= 0.3 is 0 Å². The van der Waals surface area contributed by atoms with Crippen LogP contribution in [0.4, 0.5) is 0 Å². The van der Waals surface area contributed by atoms with Crippen LogP contribution >= 0.6 is 11.6 Å². The van der Waals surface area contributed by atoms with Gasteiger partial charge in [0.05, 0.1) is 14.2 Å². The van der Waals surface area contributed by atoms with E-state index in [9.17, 15) is 0 Å². The van der Waals surface area contributed by atoms with Crippen LogP contribution in [0.5, 0.6) is 11.5 Å². The van der Waals surface area contributed by atoms with Crippen LogP contribution in [0.25, 0.3) is 5.57 Å². The van der Waals surface area contributed by atoms with Gasteiger partial charge in [-0.25, -0.2) is 0 Å². The third-order valence-electron chi connectivity index (χ3n) is 5.17. The molecule has 1 aliphatic rings. The third kappa shape index (κ3) is 4.66. The van der Waals surface area contributed by atoms with Crippen LogP contribution in [0.15, 0.2) is 54.1 Å². The fourth-order valence-electron chi connectivity index (χ4n) is 3.81. The van der Waals surface area contributed by atoms with Crippen LogP contribution in [0, 0.1) is 0 Å². The van der Waals surface area contributed by atoms with Gasteiger partial charge in [-0.05, 0) is 43.5 Å². The molecule has 1 aliphatic heterocycles. The molecule has 0 N–H and O–H groups in total. The molecule has 1 fully saturated rings. The topological polar surface area (TPSA) is 21.7 Å². The van der Waals surface area contributed by atoms with Gasteiger partial charge in [0, 0.05) is 30.1 Å². The van der Waals surface area contributed by atoms with E-state index in [1.165, 1.54) is 11.1 Å². The molecule has 4 heteroatoms. The first-order valence-electron chi connectivity index (χ1n) is 9.55. The predicted octanol–water partition coefficient (Wildman–Crippen LogP) is 5.23. The van der Waals surface area contributed by atoms with Crippen LogP contribution in [-0.4, -0.2) is 44.6 Å². The zero-order chi connectivity index (χ0) is 19.1. The number of benzene rings is 2. The Balaban J connectivity index is 2.04. The van der Waals surface area contributed by atoms with Crippen molar-refractivity contribution in [3.8, 4) is 11.5 Å². The van der Waals surface area contributed by atoms with Crippen molar-refractivity contribution < 1.29 is 9.47 Å². The molecule has 144 valence electrons. The minimum Gasteiger partial charge on any atom is -0.496 e. The number of alkyl halides is 1. The van der Waals surface area contributed by atoms with Crippen molar-refractivity contribution in [2.75, 3.05) is 39.7 Å². The Morgan fingerprint density at radius 3 is 1.89 bits per heavy atom. The fourth-order valence-corrected chi connectivity index (χ4v) is 3.93. The number of piperidine rings is 1. The number of nitrogens with zero attached hydrogens (tertiary/aromatic N) is 1. The van der Waals surface area contributed by atoms with E-state index in [-0.39, 0.29) is 0 Å². The van der Waals surface area contributed by atoms with Crippen molar-refractivity contribution >= 4 is 17.2 Å². The second-order valence-corrected chi connectivity index (χ2v) is 7.14. The summed E-state index contributed by atoms with van der Waals surface area (Å²) in [6, 6.07) is 16.5. The molecule has 0 amide bonds. The molecule has 0 bridgehead atoms. The zero-order valence-corrected chi connectivity index (χ0v) is 17.0. The maximum absolute atomic E-state index is 5.86. The van der Waals surface area contributed by atoms with Crippen molar-refractivity contribution in [1.29, 1.82) is 0 Å². The SMILES string of the molecule is COc1ccccc1C(=C1CCN(CCCCl)CC1)c1ccccc1OC. The van der Waals surface area contributed by atoms with Crippen LogP contribution in [0.2, 0.25) is 0 Å². The molecule has 0 spiro atoms. The largest absolute Gasteiger partial charge is 0.496 e. The van der Waals surface area contributed by atoms with Crippen molar-refractivity contribution in [2.45, 2.75) is 19.3 Å². The minimum absolute atomic E-state index is 0.729. The van der Waals surface area contributed by atoms with Crippen molar-refractivity contribution in [3.05, 3.63) is 65.2 Å². The van der Waals surface area contributed by atoms with E-state index in [0.717, 1.165) is 67.4 Å². The molecule has 3 nitrogen and oxygen atoms in total. The summed E-state index contributed by atoms with van der Waals surface area (Å²) >= 11 is 5.86. The number of ether oxygens (including phenoxy) is 2. The van der Waals surface area contributed by atoms with Gasteiger partial charge in [0.1, 0.15) is 11.5 Å². The van der Waals surface area contributed by atoms with Crippen LogP contribution < -0.4 is 9.47 Å². The molecule has 27 heavy (non-hydrogen) atoms. The minimum atomic E-state index is 0.729. The second kappa shape index (κ2) is 9.82. The third-order valence-corrected chi connectivity index (χ3v) is 5.44. The number of hydrogen-bond acceptors (Lipinski definition) is 3. The summed E-state index contributed by atoms with van der Waals surface area (Å²) in [6.45, 7) is 3.22. The second-order valence-electron chi connectivity index (χ2n) is 6.76. The highest BCUT2D eigenvalue weighted by molar-refractivity contribution is 6.17. The fraction of sp³-hybridized carbons (Fsp3) is 0.391. The van der Waals surface area contributed by atoms with Gasteiger partial charge in [-0.15, -0.1) is 11.6 Å². The maximum atomic E-state index is 5.86. The summed E-state index contributed by atoms with van der Waals surface area (Å²) in [6.07, 6.45) is 3.15. The summed E-state index contributed by atoms with van der Waals surface area (Å²) < 4.78 is 11.4. The molecule has 1 heterocycles. The highest BCUT2D eigenvalue weighted by Crippen LogP contribution is 2.40. The van der Waals surface area contributed by atoms with Gasteiger partial charge < -0.3 is 14.4 Å². The lowest BCUT2D eigenvalue weighted by molar-refractivity contribution is 0.258. The van der Waals surface area contributed by atoms with Crippen molar-refractivity contribution in [2.24, 2.45) is 0 Å². The Hall–Kier alpha value is -1.97. The number of methoxy groups -OCH3 is 2. The monoisotopic (exact) mass is 385 g/mol. The number of para-hydroxylation sites is 2.